The van der Waals surface area contributed by atoms with Crippen LogP contribution in [-0.4, -0.2) is 11.0 Å². The Morgan fingerprint density at radius 2 is 1.76 bits per heavy atom. The number of carbonyl (C=O) groups is 1. The molecule has 8 heteroatoms. The molecule has 33 heavy (non-hydrogen) atoms. The van der Waals surface area contributed by atoms with Gasteiger partial charge in [-0.1, -0.05) is 24.6 Å². The first-order valence-electron chi connectivity index (χ1n) is 10.5. The number of hydrogen-bond donors (Lipinski definition) is 2. The Kier molecular flexibility index (Phi) is 6.05. The van der Waals surface area contributed by atoms with E-state index in [1.165, 1.54) is 18.6 Å². The molecule has 3 aromatic rings. The van der Waals surface area contributed by atoms with Gasteiger partial charge in [-0.3, -0.25) is 4.98 Å². The summed E-state index contributed by atoms with van der Waals surface area (Å²) in [5, 5.41) is 14.6. The van der Waals surface area contributed by atoms with Crippen LogP contribution < -0.4 is 10.6 Å². The molecule has 1 aromatic heterocycles. The molecule has 0 bridgehead atoms. The first kappa shape index (κ1) is 22.3. The number of urea groups is 1. The number of aryl methyl sites for hydroxylation is 1. The van der Waals surface area contributed by atoms with Gasteiger partial charge >= 0.3 is 12.2 Å². The molecule has 1 saturated carbocycles. The molecule has 1 heterocycles. The number of anilines is 2. The zero-order chi connectivity index (χ0) is 23.6. The minimum atomic E-state index is -4.49. The quantitative estimate of drug-likeness (QED) is 0.456. The zero-order valence-corrected chi connectivity index (χ0v) is 17.8. The van der Waals surface area contributed by atoms with Crippen molar-refractivity contribution in [3.8, 4) is 17.2 Å². The van der Waals surface area contributed by atoms with Crippen molar-refractivity contribution >= 4 is 17.4 Å². The average Bonchev–Trinajstić information content (AvgIpc) is 2.72. The Labute approximate surface area is 189 Å². The summed E-state index contributed by atoms with van der Waals surface area (Å²) in [6.07, 6.45) is -1.11. The number of carbonyl (C=O) groups excluding carboxylic acids is 1. The zero-order valence-electron chi connectivity index (χ0n) is 17.8. The lowest BCUT2D eigenvalue weighted by atomic mass is 9.81. The Morgan fingerprint density at radius 1 is 1.06 bits per heavy atom. The topological polar surface area (TPSA) is 77.8 Å². The molecule has 0 aliphatic heterocycles. The standard InChI is InChI=1S/C25H21F3N4O/c1-15-22(14-29)21(13-23(30-15)17-4-2-5-17)16-8-10-19(11-9-16)31-24(33)32-20-7-3-6-18(12-20)25(26,27)28/h3,6-13,17H,2,4-5H2,1H3,(H2,31,32,33). The van der Waals surface area contributed by atoms with Crippen molar-refractivity contribution in [2.75, 3.05) is 10.6 Å². The summed E-state index contributed by atoms with van der Waals surface area (Å²) in [4.78, 5) is 16.9. The van der Waals surface area contributed by atoms with E-state index >= 15 is 0 Å². The van der Waals surface area contributed by atoms with E-state index in [-0.39, 0.29) is 5.69 Å². The molecule has 4 rings (SSSR count). The summed E-state index contributed by atoms with van der Waals surface area (Å²) in [5.41, 5.74) is 3.48. The van der Waals surface area contributed by atoms with Crippen LogP contribution in [-0.2, 0) is 6.18 Å². The van der Waals surface area contributed by atoms with Gasteiger partial charge in [-0.05, 0) is 61.7 Å². The first-order chi connectivity index (χ1) is 15.7. The lowest BCUT2D eigenvalue weighted by molar-refractivity contribution is -0.137. The van der Waals surface area contributed by atoms with Crippen molar-refractivity contribution in [3.05, 3.63) is 77.1 Å². The third-order valence-corrected chi connectivity index (χ3v) is 5.76. The number of alkyl halides is 3. The maximum Gasteiger partial charge on any atom is 0.416 e. The number of pyridine rings is 1. The van der Waals surface area contributed by atoms with Gasteiger partial charge in [-0.25, -0.2) is 4.79 Å². The van der Waals surface area contributed by atoms with Crippen LogP contribution in [0.2, 0.25) is 0 Å². The number of nitriles is 1. The minimum Gasteiger partial charge on any atom is -0.308 e. The predicted molar refractivity (Wildman–Crippen MR) is 120 cm³/mol. The summed E-state index contributed by atoms with van der Waals surface area (Å²) >= 11 is 0. The van der Waals surface area contributed by atoms with Crippen LogP contribution in [0.4, 0.5) is 29.3 Å². The number of aromatic nitrogens is 1. The second-order valence-electron chi connectivity index (χ2n) is 8.03. The first-order valence-corrected chi connectivity index (χ1v) is 10.5. The SMILES string of the molecule is Cc1nc(C2CCC2)cc(-c2ccc(NC(=O)Nc3cccc(C(F)(F)F)c3)cc2)c1C#N. The van der Waals surface area contributed by atoms with Crippen molar-refractivity contribution in [1.29, 1.82) is 5.26 Å². The van der Waals surface area contributed by atoms with Crippen molar-refractivity contribution in [1.82, 2.24) is 4.98 Å². The average molecular weight is 450 g/mol. The third-order valence-electron chi connectivity index (χ3n) is 5.76. The predicted octanol–water partition coefficient (Wildman–Crippen LogP) is 6.86. The molecular formula is C25H21F3N4O. The van der Waals surface area contributed by atoms with E-state index in [2.05, 4.69) is 21.7 Å². The van der Waals surface area contributed by atoms with Gasteiger partial charge in [0.1, 0.15) is 6.07 Å². The van der Waals surface area contributed by atoms with Crippen LogP contribution in [0.3, 0.4) is 0 Å². The van der Waals surface area contributed by atoms with Crippen molar-refractivity contribution in [2.45, 2.75) is 38.3 Å². The summed E-state index contributed by atoms with van der Waals surface area (Å²) in [6.45, 7) is 1.83. The highest BCUT2D eigenvalue weighted by atomic mass is 19.4. The number of hydrogen-bond acceptors (Lipinski definition) is 3. The van der Waals surface area contributed by atoms with Gasteiger partial charge in [0.2, 0.25) is 0 Å². The lowest BCUT2D eigenvalue weighted by Gasteiger charge is -2.26. The van der Waals surface area contributed by atoms with Crippen LogP contribution >= 0.6 is 0 Å². The van der Waals surface area contributed by atoms with E-state index in [1.54, 1.807) is 24.3 Å². The number of amides is 2. The van der Waals surface area contributed by atoms with Gasteiger partial charge in [0.05, 0.1) is 16.8 Å². The molecule has 1 aliphatic rings. The monoisotopic (exact) mass is 450 g/mol. The molecule has 1 aliphatic carbocycles. The fraction of sp³-hybridized carbons (Fsp3) is 0.240. The second-order valence-corrected chi connectivity index (χ2v) is 8.03. The van der Waals surface area contributed by atoms with Crippen LogP contribution in [0.15, 0.2) is 54.6 Å². The number of benzene rings is 2. The van der Waals surface area contributed by atoms with Gasteiger partial charge in [-0.2, -0.15) is 18.4 Å². The molecule has 0 unspecified atom stereocenters. The molecule has 0 atom stereocenters. The number of halogens is 3. The van der Waals surface area contributed by atoms with E-state index in [4.69, 9.17) is 0 Å². The second kappa shape index (κ2) is 8.94. The fourth-order valence-corrected chi connectivity index (χ4v) is 3.78. The number of nitrogens with zero attached hydrogens (tertiary/aromatic N) is 2. The number of nitrogens with one attached hydrogen (secondary N) is 2. The number of rotatable bonds is 4. The smallest absolute Gasteiger partial charge is 0.308 e. The summed E-state index contributed by atoms with van der Waals surface area (Å²) in [5.74, 6) is 0.427. The van der Waals surface area contributed by atoms with Crippen molar-refractivity contribution in [2.24, 2.45) is 0 Å². The molecule has 1 fully saturated rings. The van der Waals surface area contributed by atoms with Gasteiger partial charge < -0.3 is 10.6 Å². The third kappa shape index (κ3) is 4.98. The molecule has 2 N–H and O–H groups in total. The van der Waals surface area contributed by atoms with Crippen LogP contribution in [0, 0.1) is 18.3 Å². The highest BCUT2D eigenvalue weighted by molar-refractivity contribution is 6.00. The molecule has 5 nitrogen and oxygen atoms in total. The van der Waals surface area contributed by atoms with Crippen LogP contribution in [0.25, 0.3) is 11.1 Å². The van der Waals surface area contributed by atoms with E-state index in [0.29, 0.717) is 22.9 Å². The Hall–Kier alpha value is -3.86. The maximum atomic E-state index is 12.8. The normalized spacial score (nSPS) is 13.7. The Morgan fingerprint density at radius 3 is 2.36 bits per heavy atom. The lowest BCUT2D eigenvalue weighted by Crippen LogP contribution is -2.19. The molecule has 168 valence electrons. The molecule has 0 radical (unpaired) electrons. The van der Waals surface area contributed by atoms with E-state index in [0.717, 1.165) is 41.8 Å². The molecule has 2 aromatic carbocycles. The summed E-state index contributed by atoms with van der Waals surface area (Å²) < 4.78 is 38.5. The summed E-state index contributed by atoms with van der Waals surface area (Å²) in [6, 6.07) is 14.9. The van der Waals surface area contributed by atoms with Gasteiger partial charge in [-0.15, -0.1) is 0 Å². The maximum absolute atomic E-state index is 12.8. The highest BCUT2D eigenvalue weighted by Gasteiger charge is 2.30. The molecule has 0 spiro atoms. The van der Waals surface area contributed by atoms with Gasteiger partial charge in [0, 0.05) is 28.6 Å². The fourth-order valence-electron chi connectivity index (χ4n) is 3.78. The molecule has 0 saturated heterocycles. The Balaban J connectivity index is 1.50. The molecular weight excluding hydrogens is 429 g/mol. The van der Waals surface area contributed by atoms with Crippen molar-refractivity contribution in [3.63, 3.8) is 0 Å². The largest absolute Gasteiger partial charge is 0.416 e. The van der Waals surface area contributed by atoms with Crippen molar-refractivity contribution < 1.29 is 18.0 Å². The van der Waals surface area contributed by atoms with E-state index in [1.807, 2.05) is 13.0 Å². The van der Waals surface area contributed by atoms with Crippen LogP contribution in [0.5, 0.6) is 0 Å². The van der Waals surface area contributed by atoms with Gasteiger partial charge in [0.15, 0.2) is 0 Å². The van der Waals surface area contributed by atoms with Crippen LogP contribution in [0.1, 0.15) is 47.7 Å². The minimum absolute atomic E-state index is 0.0355. The highest BCUT2D eigenvalue weighted by Crippen LogP contribution is 2.38. The summed E-state index contributed by atoms with van der Waals surface area (Å²) in [7, 11) is 0. The van der Waals surface area contributed by atoms with Gasteiger partial charge in [0.25, 0.3) is 0 Å². The van der Waals surface area contributed by atoms with E-state index in [9.17, 15) is 23.2 Å². The van der Waals surface area contributed by atoms with E-state index < -0.39 is 17.8 Å². The molecule has 2 amide bonds. The Bertz CT molecular complexity index is 1230.